The first kappa shape index (κ1) is 23.5. The third-order valence-corrected chi connectivity index (χ3v) is 6.09. The quantitative estimate of drug-likeness (QED) is 0.279. The molecule has 0 saturated carbocycles. The van der Waals surface area contributed by atoms with Crippen molar-refractivity contribution in [1.82, 2.24) is 10.2 Å². The van der Waals surface area contributed by atoms with Crippen molar-refractivity contribution in [1.29, 1.82) is 5.26 Å². The van der Waals surface area contributed by atoms with E-state index in [0.717, 1.165) is 37.4 Å². The molecule has 4 atom stereocenters. The van der Waals surface area contributed by atoms with E-state index in [1.54, 1.807) is 0 Å². The van der Waals surface area contributed by atoms with Crippen LogP contribution in [0, 0.1) is 11.3 Å². The molecule has 2 aliphatic heterocycles. The molecular formula is C21H28N4O5S. The molecule has 2 saturated heterocycles. The number of nitriles is 1. The summed E-state index contributed by atoms with van der Waals surface area (Å²) in [5, 5.41) is 31.9. The lowest BCUT2D eigenvalue weighted by atomic mass is 10.0. The van der Waals surface area contributed by atoms with Gasteiger partial charge in [-0.1, -0.05) is 12.1 Å². The molecule has 31 heavy (non-hydrogen) atoms. The number of aliphatic hydroxyl groups is 2. The Morgan fingerprint density at radius 3 is 2.58 bits per heavy atom. The molecule has 0 aromatic heterocycles. The summed E-state index contributed by atoms with van der Waals surface area (Å²) in [4.78, 5) is 17.0. The summed E-state index contributed by atoms with van der Waals surface area (Å²) in [5.74, 6) is -0.602. The largest absolute Gasteiger partial charge is 0.390 e. The lowest BCUT2D eigenvalue weighted by molar-refractivity contribution is -0.146. The number of anilines is 1. The summed E-state index contributed by atoms with van der Waals surface area (Å²) in [6.07, 6.45) is -1.56. The number of carbonyl (C=O) groups is 1. The highest BCUT2D eigenvalue weighted by molar-refractivity contribution is 7.94. The van der Waals surface area contributed by atoms with Crippen molar-refractivity contribution in [2.75, 3.05) is 44.7 Å². The maximum Gasteiger partial charge on any atom is 0.262 e. The number of nitrogens with zero attached hydrogens (tertiary/aromatic N) is 3. The minimum absolute atomic E-state index is 0.0775. The van der Waals surface area contributed by atoms with Crippen molar-refractivity contribution in [3.8, 4) is 6.07 Å². The van der Waals surface area contributed by atoms with E-state index in [4.69, 9.17) is 9.29 Å². The van der Waals surface area contributed by atoms with Crippen LogP contribution in [-0.2, 0) is 9.53 Å². The molecule has 2 fully saturated rings. The van der Waals surface area contributed by atoms with Gasteiger partial charge in [-0.15, -0.1) is 0 Å². The molecule has 1 aromatic rings. The van der Waals surface area contributed by atoms with Crippen molar-refractivity contribution in [2.45, 2.75) is 30.2 Å². The van der Waals surface area contributed by atoms with Crippen molar-refractivity contribution in [2.24, 2.45) is 0 Å². The lowest BCUT2D eigenvalue weighted by Crippen LogP contribution is -2.52. The Labute approximate surface area is 186 Å². The first-order valence-electron chi connectivity index (χ1n) is 10.2. The van der Waals surface area contributed by atoms with Crippen LogP contribution < -0.4 is 10.2 Å². The first-order valence-corrected chi connectivity index (χ1v) is 11.0. The van der Waals surface area contributed by atoms with E-state index in [9.17, 15) is 20.3 Å². The Morgan fingerprint density at radius 2 is 1.97 bits per heavy atom. The number of ether oxygens (including phenoxy) is 1. The molecule has 168 valence electrons. The van der Waals surface area contributed by atoms with Gasteiger partial charge < -0.3 is 34.6 Å². The zero-order valence-corrected chi connectivity index (χ0v) is 18.2. The topological polar surface area (TPSA) is 129 Å². The van der Waals surface area contributed by atoms with Gasteiger partial charge in [0.15, 0.2) is 0 Å². The third kappa shape index (κ3) is 6.20. The number of benzene rings is 1. The van der Waals surface area contributed by atoms with Crippen LogP contribution >= 0.6 is 12.0 Å². The molecule has 0 spiro atoms. The average molecular weight is 449 g/mol. The zero-order chi connectivity index (χ0) is 22.4. The minimum atomic E-state index is -1.19. The Hall–Kier alpha value is -2.13. The van der Waals surface area contributed by atoms with Crippen molar-refractivity contribution >= 4 is 29.7 Å². The second kappa shape index (κ2) is 10.9. The van der Waals surface area contributed by atoms with Crippen LogP contribution in [0.4, 0.5) is 5.69 Å². The van der Waals surface area contributed by atoms with E-state index in [-0.39, 0.29) is 18.5 Å². The molecule has 9 nitrogen and oxygen atoms in total. The smallest absolute Gasteiger partial charge is 0.262 e. The number of likely N-dealkylation sites (N-methyl/N-ethyl adjacent to an activating group) is 1. The molecule has 1 amide bonds. The van der Waals surface area contributed by atoms with Gasteiger partial charge in [0.1, 0.15) is 29.3 Å². The average Bonchev–Trinajstić information content (AvgIpc) is 2.79. The SMILES string of the molecule is CN1CCN(c2ccc(/C=C(\C#N)C(=O)NC[C@H]3OC(SO)C[C@@H](O)[C@@H]3O)cc2)CC1. The second-order valence-corrected chi connectivity index (χ2v) is 8.50. The van der Waals surface area contributed by atoms with Crippen LogP contribution in [-0.4, -0.2) is 89.1 Å². The van der Waals surface area contributed by atoms with E-state index in [1.807, 2.05) is 30.3 Å². The normalized spacial score (nSPS) is 27.6. The third-order valence-electron chi connectivity index (χ3n) is 5.55. The Morgan fingerprint density at radius 1 is 1.29 bits per heavy atom. The van der Waals surface area contributed by atoms with Gasteiger partial charge in [-0.3, -0.25) is 4.79 Å². The molecule has 4 N–H and O–H groups in total. The predicted molar refractivity (Wildman–Crippen MR) is 118 cm³/mol. The monoisotopic (exact) mass is 448 g/mol. The zero-order valence-electron chi connectivity index (χ0n) is 17.3. The molecule has 2 heterocycles. The number of piperazine rings is 1. The minimum Gasteiger partial charge on any atom is -0.390 e. The summed E-state index contributed by atoms with van der Waals surface area (Å²) < 4.78 is 14.6. The predicted octanol–water partition coefficient (Wildman–Crippen LogP) is 0.505. The number of nitrogens with one attached hydrogen (secondary N) is 1. The van der Waals surface area contributed by atoms with Gasteiger partial charge >= 0.3 is 0 Å². The van der Waals surface area contributed by atoms with Crippen LogP contribution in [0.15, 0.2) is 29.8 Å². The number of aliphatic hydroxyl groups excluding tert-OH is 2. The van der Waals surface area contributed by atoms with Gasteiger partial charge in [0.25, 0.3) is 5.91 Å². The molecule has 1 aromatic carbocycles. The van der Waals surface area contributed by atoms with E-state index in [2.05, 4.69) is 22.2 Å². The van der Waals surface area contributed by atoms with E-state index in [1.165, 1.54) is 6.08 Å². The lowest BCUT2D eigenvalue weighted by Gasteiger charge is -2.35. The summed E-state index contributed by atoms with van der Waals surface area (Å²) in [6, 6.07) is 9.58. The van der Waals surface area contributed by atoms with Gasteiger partial charge in [-0.05, 0) is 30.8 Å². The Bertz CT molecular complexity index is 820. The number of carbonyl (C=O) groups excluding carboxylic acids is 1. The summed E-state index contributed by atoms with van der Waals surface area (Å²) in [7, 11) is 2.10. The van der Waals surface area contributed by atoms with Gasteiger partial charge in [-0.25, -0.2) is 0 Å². The van der Waals surface area contributed by atoms with Crippen LogP contribution in [0.5, 0.6) is 0 Å². The molecule has 0 radical (unpaired) electrons. The molecule has 0 aliphatic carbocycles. The molecule has 3 rings (SSSR count). The molecule has 0 bridgehead atoms. The summed E-state index contributed by atoms with van der Waals surface area (Å²) in [6.45, 7) is 3.83. The van der Waals surface area contributed by atoms with Gasteiger partial charge in [-0.2, -0.15) is 5.26 Å². The number of hydrogen-bond acceptors (Lipinski definition) is 9. The number of hydrogen-bond donors (Lipinski definition) is 4. The summed E-state index contributed by atoms with van der Waals surface area (Å²) >= 11 is 0.438. The molecule has 1 unspecified atom stereocenters. The fourth-order valence-electron chi connectivity index (χ4n) is 3.60. The van der Waals surface area contributed by atoms with Gasteiger partial charge in [0, 0.05) is 56.9 Å². The maximum atomic E-state index is 12.4. The fraction of sp³-hybridized carbons (Fsp3) is 0.524. The number of amides is 1. The highest BCUT2D eigenvalue weighted by Gasteiger charge is 2.37. The maximum absolute atomic E-state index is 12.4. The highest BCUT2D eigenvalue weighted by atomic mass is 32.2. The second-order valence-electron chi connectivity index (χ2n) is 7.76. The summed E-state index contributed by atoms with van der Waals surface area (Å²) in [5.41, 5.74) is 1.06. The van der Waals surface area contributed by atoms with Crippen molar-refractivity contribution in [3.05, 3.63) is 35.4 Å². The Kier molecular flexibility index (Phi) is 8.31. The van der Waals surface area contributed by atoms with Crippen LogP contribution in [0.25, 0.3) is 6.08 Å². The van der Waals surface area contributed by atoms with Gasteiger partial charge in [0.05, 0.1) is 6.10 Å². The highest BCUT2D eigenvalue weighted by Crippen LogP contribution is 2.26. The molecule has 2 aliphatic rings. The van der Waals surface area contributed by atoms with Crippen molar-refractivity contribution < 1.29 is 24.3 Å². The number of rotatable bonds is 6. The van der Waals surface area contributed by atoms with Crippen molar-refractivity contribution in [3.63, 3.8) is 0 Å². The van der Waals surface area contributed by atoms with E-state index < -0.39 is 29.7 Å². The first-order chi connectivity index (χ1) is 14.9. The van der Waals surface area contributed by atoms with E-state index in [0.29, 0.717) is 12.0 Å². The standard InChI is InChI=1S/C21H28N4O5S/c1-24-6-8-25(9-7-24)16-4-2-14(3-5-16)10-15(12-22)21(28)23-13-18-20(27)17(26)11-19(30-18)31-29/h2-5,10,17-20,26-27,29H,6-9,11,13H2,1H3,(H,23,28)/b15-10+/t17-,18-,19?,20+/m1/s1. The van der Waals surface area contributed by atoms with Gasteiger partial charge in [0.2, 0.25) is 0 Å². The van der Waals surface area contributed by atoms with Crippen LogP contribution in [0.3, 0.4) is 0 Å². The fourth-order valence-corrected chi connectivity index (χ4v) is 4.08. The Balaban J connectivity index is 1.59. The molecular weight excluding hydrogens is 420 g/mol. The molecule has 10 heteroatoms. The van der Waals surface area contributed by atoms with Crippen LogP contribution in [0.2, 0.25) is 0 Å². The van der Waals surface area contributed by atoms with Crippen LogP contribution in [0.1, 0.15) is 12.0 Å². The van der Waals surface area contributed by atoms with E-state index >= 15 is 0 Å².